The van der Waals surface area contributed by atoms with Crippen molar-refractivity contribution in [3.8, 4) is 0 Å². The lowest BCUT2D eigenvalue weighted by atomic mass is 10.0. The quantitative estimate of drug-likeness (QED) is 0.552. The van der Waals surface area contributed by atoms with Gasteiger partial charge in [0.05, 0.1) is 17.2 Å². The summed E-state index contributed by atoms with van der Waals surface area (Å²) in [5.41, 5.74) is 0. The van der Waals surface area contributed by atoms with Crippen LogP contribution in [0.25, 0.3) is 0 Å². The van der Waals surface area contributed by atoms with E-state index in [-0.39, 0.29) is 30.7 Å². The zero-order chi connectivity index (χ0) is 10.1. The predicted octanol–water partition coefficient (Wildman–Crippen LogP) is 1.80. The molecule has 2 heterocycles. The molecular weight excluding hydrogens is 200 g/mol. The first kappa shape index (κ1) is 9.40. The molecule has 1 unspecified atom stereocenters. The molecule has 0 radical (unpaired) electrons. The van der Waals surface area contributed by atoms with E-state index in [2.05, 4.69) is 0 Å². The highest BCUT2D eigenvalue weighted by Gasteiger charge is 2.31. The first-order valence-corrected chi connectivity index (χ1v) is 5.25. The Balaban J connectivity index is 2.12. The zero-order valence-electron chi connectivity index (χ0n) is 7.78. The first-order valence-electron chi connectivity index (χ1n) is 4.43. The van der Waals surface area contributed by atoms with Crippen molar-refractivity contribution in [2.24, 2.45) is 5.92 Å². The Bertz CT molecular complexity index is 380. The van der Waals surface area contributed by atoms with Gasteiger partial charge in [-0.25, -0.2) is 0 Å². The van der Waals surface area contributed by atoms with Crippen LogP contribution in [-0.2, 0) is 9.53 Å². The maximum Gasteiger partial charge on any atom is 0.306 e. The largest absolute Gasteiger partial charge is 0.465 e. The van der Waals surface area contributed by atoms with Gasteiger partial charge in [-0.2, -0.15) is 0 Å². The summed E-state index contributed by atoms with van der Waals surface area (Å²) in [7, 11) is 0. The number of cyclic esters (lactones) is 1. The van der Waals surface area contributed by atoms with Crippen LogP contribution in [0.3, 0.4) is 0 Å². The number of esters is 1. The second kappa shape index (κ2) is 3.53. The number of ether oxygens (including phenoxy) is 1. The molecule has 0 saturated carbocycles. The summed E-state index contributed by atoms with van der Waals surface area (Å²) in [5, 5.41) is 0. The summed E-state index contributed by atoms with van der Waals surface area (Å²) < 4.78 is 4.76. The molecule has 0 amide bonds. The van der Waals surface area contributed by atoms with Gasteiger partial charge in [0.2, 0.25) is 0 Å². The molecule has 14 heavy (non-hydrogen) atoms. The first-order chi connectivity index (χ1) is 6.66. The Hall–Kier alpha value is -1.16. The van der Waals surface area contributed by atoms with Crippen LogP contribution in [0.1, 0.15) is 21.0 Å². The van der Waals surface area contributed by atoms with E-state index >= 15 is 0 Å². The fraction of sp³-hybridized carbons (Fsp3) is 0.400. The fourth-order valence-corrected chi connectivity index (χ4v) is 2.34. The average Bonchev–Trinajstić information content (AvgIpc) is 2.73. The van der Waals surface area contributed by atoms with Crippen LogP contribution in [0, 0.1) is 12.8 Å². The lowest BCUT2D eigenvalue weighted by Crippen LogP contribution is -2.13. The van der Waals surface area contributed by atoms with E-state index < -0.39 is 0 Å². The highest BCUT2D eigenvalue weighted by atomic mass is 32.1. The number of carbonyl (C=O) groups excluding carboxylic acids is 2. The van der Waals surface area contributed by atoms with Gasteiger partial charge in [-0.15, -0.1) is 11.3 Å². The van der Waals surface area contributed by atoms with Gasteiger partial charge in [0, 0.05) is 4.88 Å². The highest BCUT2D eigenvalue weighted by molar-refractivity contribution is 7.14. The molecule has 0 spiro atoms. The summed E-state index contributed by atoms with van der Waals surface area (Å²) in [6.07, 6.45) is 0.232. The molecule has 0 N–H and O–H groups in total. The molecule has 4 heteroatoms. The topological polar surface area (TPSA) is 43.4 Å². The van der Waals surface area contributed by atoms with E-state index in [1.165, 1.54) is 11.3 Å². The molecule has 2 rings (SSSR count). The molecule has 1 saturated heterocycles. The molecule has 1 aliphatic rings. The van der Waals surface area contributed by atoms with Crippen molar-refractivity contribution in [3.63, 3.8) is 0 Å². The van der Waals surface area contributed by atoms with E-state index in [1.54, 1.807) is 0 Å². The Morgan fingerprint density at radius 3 is 2.86 bits per heavy atom. The second-order valence-corrected chi connectivity index (χ2v) is 4.65. The van der Waals surface area contributed by atoms with Gasteiger partial charge in [-0.3, -0.25) is 9.59 Å². The van der Waals surface area contributed by atoms with Crippen LogP contribution < -0.4 is 0 Å². The summed E-state index contributed by atoms with van der Waals surface area (Å²) in [4.78, 5) is 24.4. The maximum atomic E-state index is 11.8. The van der Waals surface area contributed by atoms with Gasteiger partial charge in [0.15, 0.2) is 5.78 Å². The number of ketones is 1. The van der Waals surface area contributed by atoms with Crippen LogP contribution in [0.4, 0.5) is 0 Å². The van der Waals surface area contributed by atoms with Crippen molar-refractivity contribution in [2.45, 2.75) is 13.3 Å². The molecule has 1 aliphatic heterocycles. The third kappa shape index (κ3) is 1.70. The molecule has 1 fully saturated rings. The minimum atomic E-state index is -0.267. The monoisotopic (exact) mass is 210 g/mol. The van der Waals surface area contributed by atoms with Gasteiger partial charge in [0.25, 0.3) is 0 Å². The lowest BCUT2D eigenvalue weighted by Gasteiger charge is -2.01. The number of Topliss-reactive ketones (excluding diaryl/α,β-unsaturated/α-hetero) is 1. The Kier molecular flexibility index (Phi) is 2.37. The van der Waals surface area contributed by atoms with Crippen LogP contribution >= 0.6 is 11.3 Å². The molecule has 0 aromatic carbocycles. The minimum Gasteiger partial charge on any atom is -0.465 e. The molecule has 1 aromatic rings. The smallest absolute Gasteiger partial charge is 0.306 e. The zero-order valence-corrected chi connectivity index (χ0v) is 8.60. The molecule has 1 atom stereocenters. The van der Waals surface area contributed by atoms with Gasteiger partial charge in [-0.05, 0) is 19.1 Å². The number of thiophene rings is 1. The Morgan fingerprint density at radius 1 is 1.57 bits per heavy atom. The van der Waals surface area contributed by atoms with Crippen LogP contribution in [0.5, 0.6) is 0 Å². The Labute approximate surface area is 85.7 Å². The summed E-state index contributed by atoms with van der Waals surface area (Å²) in [6.45, 7) is 2.20. The summed E-state index contributed by atoms with van der Waals surface area (Å²) >= 11 is 1.47. The van der Waals surface area contributed by atoms with Crippen molar-refractivity contribution in [2.75, 3.05) is 6.61 Å². The molecule has 0 aliphatic carbocycles. The van der Waals surface area contributed by atoms with Crippen molar-refractivity contribution in [3.05, 3.63) is 21.9 Å². The fourth-order valence-electron chi connectivity index (χ4n) is 1.45. The van der Waals surface area contributed by atoms with Gasteiger partial charge in [-0.1, -0.05) is 0 Å². The third-order valence-electron chi connectivity index (χ3n) is 2.21. The number of hydrogen-bond donors (Lipinski definition) is 0. The third-order valence-corrected chi connectivity index (χ3v) is 3.23. The molecule has 74 valence electrons. The van der Waals surface area contributed by atoms with Gasteiger partial charge < -0.3 is 4.74 Å². The predicted molar refractivity (Wildman–Crippen MR) is 52.5 cm³/mol. The highest BCUT2D eigenvalue weighted by Crippen LogP contribution is 2.23. The van der Waals surface area contributed by atoms with Crippen LogP contribution in [0.15, 0.2) is 12.1 Å². The molecule has 1 aromatic heterocycles. The van der Waals surface area contributed by atoms with Crippen molar-refractivity contribution < 1.29 is 14.3 Å². The SMILES string of the molecule is Cc1ccc(C(=O)C2COC(=O)C2)s1. The Morgan fingerprint density at radius 2 is 2.36 bits per heavy atom. The maximum absolute atomic E-state index is 11.8. The normalized spacial score (nSPS) is 20.9. The van der Waals surface area contributed by atoms with Crippen LogP contribution in [0.2, 0.25) is 0 Å². The number of rotatable bonds is 2. The van der Waals surface area contributed by atoms with E-state index in [0.717, 1.165) is 9.75 Å². The van der Waals surface area contributed by atoms with Crippen molar-refractivity contribution in [1.82, 2.24) is 0 Å². The standard InChI is InChI=1S/C10H10O3S/c1-6-2-3-8(14-6)10(12)7-4-9(11)13-5-7/h2-3,7H,4-5H2,1H3. The summed E-state index contributed by atoms with van der Waals surface area (Å²) in [6, 6.07) is 3.72. The molecule has 0 bridgehead atoms. The van der Waals surface area contributed by atoms with Gasteiger partial charge in [0.1, 0.15) is 6.61 Å². The van der Waals surface area contributed by atoms with Gasteiger partial charge >= 0.3 is 5.97 Å². The number of hydrogen-bond acceptors (Lipinski definition) is 4. The minimum absolute atomic E-state index is 0.0361. The number of aryl methyl sites for hydroxylation is 1. The van der Waals surface area contributed by atoms with Crippen molar-refractivity contribution in [1.29, 1.82) is 0 Å². The van der Waals surface area contributed by atoms with E-state index in [0.29, 0.717) is 0 Å². The lowest BCUT2D eigenvalue weighted by molar-refractivity contribution is -0.137. The van der Waals surface area contributed by atoms with Crippen LogP contribution in [-0.4, -0.2) is 18.4 Å². The average molecular weight is 210 g/mol. The van der Waals surface area contributed by atoms with E-state index in [1.807, 2.05) is 19.1 Å². The molecular formula is C10H10O3S. The van der Waals surface area contributed by atoms with Crippen molar-refractivity contribution >= 4 is 23.1 Å². The van der Waals surface area contributed by atoms with E-state index in [4.69, 9.17) is 4.74 Å². The molecule has 3 nitrogen and oxygen atoms in total. The van der Waals surface area contributed by atoms with E-state index in [9.17, 15) is 9.59 Å². The second-order valence-electron chi connectivity index (χ2n) is 3.36. The summed E-state index contributed by atoms with van der Waals surface area (Å²) in [5.74, 6) is -0.494. The number of carbonyl (C=O) groups is 2.